The number of nitrogens with one attached hydrogen (secondary N) is 1. The molecule has 0 bridgehead atoms. The molecule has 0 aliphatic heterocycles. The number of carboxylic acids is 1. The number of aliphatic carboxylic acids is 1. The average Bonchev–Trinajstić information content (AvgIpc) is 2.53. The quantitative estimate of drug-likeness (QED) is 0.786. The molecule has 26 heavy (non-hydrogen) atoms. The van der Waals surface area contributed by atoms with Gasteiger partial charge in [-0.25, -0.2) is 4.79 Å². The fourth-order valence-corrected chi connectivity index (χ4v) is 2.84. The van der Waals surface area contributed by atoms with Crippen molar-refractivity contribution in [1.82, 2.24) is 0 Å². The van der Waals surface area contributed by atoms with Gasteiger partial charge in [-0.2, -0.15) is 0 Å². The largest absolute Gasteiger partial charge is 0.479 e. The van der Waals surface area contributed by atoms with Crippen molar-refractivity contribution < 1.29 is 19.4 Å². The van der Waals surface area contributed by atoms with Gasteiger partial charge in [0, 0.05) is 5.69 Å². The third-order valence-corrected chi connectivity index (χ3v) is 4.10. The summed E-state index contributed by atoms with van der Waals surface area (Å²) in [4.78, 5) is 23.4. The van der Waals surface area contributed by atoms with Crippen molar-refractivity contribution in [3.8, 4) is 5.75 Å². The van der Waals surface area contributed by atoms with Crippen molar-refractivity contribution >= 4 is 17.6 Å². The Labute approximate surface area is 154 Å². The van der Waals surface area contributed by atoms with Crippen LogP contribution in [0.2, 0.25) is 0 Å². The highest BCUT2D eigenvalue weighted by atomic mass is 16.5. The molecule has 1 amide bonds. The predicted molar refractivity (Wildman–Crippen MR) is 102 cm³/mol. The van der Waals surface area contributed by atoms with Crippen molar-refractivity contribution in [3.05, 3.63) is 58.7 Å². The molecular weight excluding hydrogens is 330 g/mol. The normalized spacial score (nSPS) is 11.7. The summed E-state index contributed by atoms with van der Waals surface area (Å²) < 4.78 is 5.49. The number of aryl methyl sites for hydroxylation is 3. The molecule has 0 radical (unpaired) electrons. The second-order valence-corrected chi connectivity index (χ2v) is 6.54. The molecule has 0 saturated heterocycles. The van der Waals surface area contributed by atoms with Gasteiger partial charge in [0.1, 0.15) is 5.75 Å². The van der Waals surface area contributed by atoms with Gasteiger partial charge in [0.25, 0.3) is 0 Å². The maximum absolute atomic E-state index is 12.3. The van der Waals surface area contributed by atoms with E-state index in [0.717, 1.165) is 27.9 Å². The highest BCUT2D eigenvalue weighted by Crippen LogP contribution is 2.20. The van der Waals surface area contributed by atoms with E-state index in [1.54, 1.807) is 25.1 Å². The van der Waals surface area contributed by atoms with E-state index in [4.69, 9.17) is 9.84 Å². The lowest BCUT2D eigenvalue weighted by Crippen LogP contribution is -2.26. The van der Waals surface area contributed by atoms with Gasteiger partial charge in [0.2, 0.25) is 5.91 Å². The van der Waals surface area contributed by atoms with E-state index in [-0.39, 0.29) is 12.3 Å². The number of carboxylic acid groups (broad SMARTS) is 1. The summed E-state index contributed by atoms with van der Waals surface area (Å²) in [7, 11) is 0. The lowest BCUT2D eigenvalue weighted by molar-refractivity contribution is -0.145. The number of ether oxygens (including phenoxy) is 1. The zero-order chi connectivity index (χ0) is 19.3. The second kappa shape index (κ2) is 8.52. The van der Waals surface area contributed by atoms with Crippen LogP contribution in [0.25, 0.3) is 0 Å². The molecule has 138 valence electrons. The number of rotatable bonds is 7. The summed E-state index contributed by atoms with van der Waals surface area (Å²) >= 11 is 0. The zero-order valence-electron chi connectivity index (χ0n) is 15.6. The van der Waals surface area contributed by atoms with Crippen LogP contribution in [0, 0.1) is 20.8 Å². The molecule has 0 aliphatic carbocycles. The van der Waals surface area contributed by atoms with E-state index >= 15 is 0 Å². The van der Waals surface area contributed by atoms with Gasteiger partial charge in [-0.1, -0.05) is 19.1 Å². The van der Waals surface area contributed by atoms with Crippen LogP contribution >= 0.6 is 0 Å². The molecule has 1 unspecified atom stereocenters. The molecule has 2 rings (SSSR count). The van der Waals surface area contributed by atoms with Gasteiger partial charge in [0.15, 0.2) is 6.10 Å². The first kappa shape index (κ1) is 19.5. The van der Waals surface area contributed by atoms with Crippen molar-refractivity contribution in [1.29, 1.82) is 0 Å². The van der Waals surface area contributed by atoms with E-state index < -0.39 is 12.1 Å². The minimum Gasteiger partial charge on any atom is -0.479 e. The maximum atomic E-state index is 12.3. The van der Waals surface area contributed by atoms with Gasteiger partial charge < -0.3 is 15.2 Å². The molecule has 0 saturated carbocycles. The molecular formula is C21H25NO4. The number of carbonyl (C=O) groups is 2. The summed E-state index contributed by atoms with van der Waals surface area (Å²) in [5, 5.41) is 12.0. The Hall–Kier alpha value is -2.82. The van der Waals surface area contributed by atoms with Gasteiger partial charge in [-0.3, -0.25) is 4.79 Å². The number of hydrogen-bond acceptors (Lipinski definition) is 3. The fraction of sp³-hybridized carbons (Fsp3) is 0.333. The molecule has 0 spiro atoms. The molecule has 2 aromatic rings. The Morgan fingerprint density at radius 1 is 1.08 bits per heavy atom. The van der Waals surface area contributed by atoms with E-state index in [1.165, 1.54) is 0 Å². The lowest BCUT2D eigenvalue weighted by atomic mass is 10.0. The Kier molecular flexibility index (Phi) is 6.39. The Morgan fingerprint density at radius 3 is 2.27 bits per heavy atom. The first-order valence-electron chi connectivity index (χ1n) is 8.65. The molecule has 0 aliphatic rings. The highest BCUT2D eigenvalue weighted by Gasteiger charge is 2.17. The smallest absolute Gasteiger partial charge is 0.344 e. The van der Waals surface area contributed by atoms with Crippen molar-refractivity contribution in [2.75, 3.05) is 5.32 Å². The molecule has 5 nitrogen and oxygen atoms in total. The Morgan fingerprint density at radius 2 is 1.73 bits per heavy atom. The van der Waals surface area contributed by atoms with Crippen molar-refractivity contribution in [2.24, 2.45) is 0 Å². The van der Waals surface area contributed by atoms with E-state index in [0.29, 0.717) is 12.2 Å². The average molecular weight is 355 g/mol. The number of anilines is 1. The van der Waals surface area contributed by atoms with Crippen LogP contribution in [0.3, 0.4) is 0 Å². The Balaban J connectivity index is 2.05. The SMILES string of the molecule is CCC(Oc1ccc(CC(=O)Nc2cc(C)cc(C)c2)c(C)c1)C(=O)O. The summed E-state index contributed by atoms with van der Waals surface area (Å²) in [5.74, 6) is -0.582. The maximum Gasteiger partial charge on any atom is 0.344 e. The molecule has 2 aromatic carbocycles. The van der Waals surface area contributed by atoms with E-state index in [2.05, 4.69) is 11.4 Å². The van der Waals surface area contributed by atoms with Crippen LogP contribution in [0.15, 0.2) is 36.4 Å². The van der Waals surface area contributed by atoms with Crippen molar-refractivity contribution in [3.63, 3.8) is 0 Å². The first-order valence-corrected chi connectivity index (χ1v) is 8.65. The third kappa shape index (κ3) is 5.34. The van der Waals surface area contributed by atoms with Crippen LogP contribution in [-0.2, 0) is 16.0 Å². The van der Waals surface area contributed by atoms with Crippen LogP contribution in [0.1, 0.15) is 35.6 Å². The summed E-state index contributed by atoms with van der Waals surface area (Å²) in [5.41, 5.74) is 4.75. The molecule has 0 heterocycles. The number of benzene rings is 2. The number of amides is 1. The Bertz CT molecular complexity index is 793. The molecule has 1 atom stereocenters. The molecule has 5 heteroatoms. The minimum atomic E-state index is -0.984. The van der Waals surface area contributed by atoms with Crippen LogP contribution in [0.5, 0.6) is 5.75 Å². The predicted octanol–water partition coefficient (Wildman–Crippen LogP) is 4.04. The highest BCUT2D eigenvalue weighted by molar-refractivity contribution is 5.92. The molecule has 2 N–H and O–H groups in total. The molecule has 0 aromatic heterocycles. The fourth-order valence-electron chi connectivity index (χ4n) is 2.84. The van der Waals surface area contributed by atoms with Crippen LogP contribution in [0.4, 0.5) is 5.69 Å². The third-order valence-electron chi connectivity index (χ3n) is 4.10. The number of hydrogen-bond donors (Lipinski definition) is 2. The second-order valence-electron chi connectivity index (χ2n) is 6.54. The van der Waals surface area contributed by atoms with Crippen molar-refractivity contribution in [2.45, 2.75) is 46.6 Å². The summed E-state index contributed by atoms with van der Waals surface area (Å²) in [6, 6.07) is 11.2. The minimum absolute atomic E-state index is 0.0938. The monoisotopic (exact) mass is 355 g/mol. The van der Waals surface area contributed by atoms with Crippen LogP contribution < -0.4 is 10.1 Å². The topological polar surface area (TPSA) is 75.6 Å². The molecule has 0 fully saturated rings. The lowest BCUT2D eigenvalue weighted by Gasteiger charge is -2.15. The summed E-state index contributed by atoms with van der Waals surface area (Å²) in [6.45, 7) is 7.63. The first-order chi connectivity index (χ1) is 12.3. The van der Waals surface area contributed by atoms with Gasteiger partial charge in [0.05, 0.1) is 6.42 Å². The zero-order valence-corrected chi connectivity index (χ0v) is 15.6. The van der Waals surface area contributed by atoms with E-state index in [9.17, 15) is 9.59 Å². The van der Waals surface area contributed by atoms with E-state index in [1.807, 2.05) is 32.9 Å². The summed E-state index contributed by atoms with van der Waals surface area (Å²) in [6.07, 6.45) is -0.239. The van der Waals surface area contributed by atoms with Gasteiger partial charge in [-0.05, 0) is 73.7 Å². The number of carbonyl (C=O) groups excluding carboxylic acids is 1. The van der Waals surface area contributed by atoms with Crippen LogP contribution in [-0.4, -0.2) is 23.1 Å². The van der Waals surface area contributed by atoms with Gasteiger partial charge in [-0.15, -0.1) is 0 Å². The van der Waals surface area contributed by atoms with Gasteiger partial charge >= 0.3 is 5.97 Å². The standard InChI is InChI=1S/C21H25NO4/c1-5-19(21(24)25)26-18-7-6-16(15(4)11-18)12-20(23)22-17-9-13(2)8-14(3)10-17/h6-11,19H,5,12H2,1-4H3,(H,22,23)(H,24,25).